The molecule has 3 N–H and O–H groups in total. The Balaban J connectivity index is 2.69. The molecule has 94 valence electrons. The van der Waals surface area contributed by atoms with Crippen LogP contribution in [0, 0.1) is 5.82 Å². The van der Waals surface area contributed by atoms with Crippen molar-refractivity contribution in [2.45, 2.75) is 19.9 Å². The second kappa shape index (κ2) is 6.81. The van der Waals surface area contributed by atoms with Crippen molar-refractivity contribution in [2.24, 2.45) is 5.73 Å². The fraction of sp³-hybridized carbons (Fsp3) is 0.417. The summed E-state index contributed by atoms with van der Waals surface area (Å²) in [6, 6.07) is 5.00. The van der Waals surface area contributed by atoms with E-state index in [9.17, 15) is 4.39 Å². The Bertz CT molecular complexity index is 396. The average Bonchev–Trinajstić information content (AvgIpc) is 2.28. The van der Waals surface area contributed by atoms with Gasteiger partial charge in [-0.2, -0.15) is 11.8 Å². The minimum Gasteiger partial charge on any atom is -0.389 e. The van der Waals surface area contributed by atoms with Gasteiger partial charge < -0.3 is 11.1 Å². The van der Waals surface area contributed by atoms with E-state index in [1.165, 1.54) is 6.07 Å². The third-order valence-corrected chi connectivity index (χ3v) is 3.61. The van der Waals surface area contributed by atoms with Crippen LogP contribution in [0.1, 0.15) is 19.4 Å². The van der Waals surface area contributed by atoms with Gasteiger partial charge in [0.05, 0.1) is 5.69 Å². The molecule has 0 saturated heterocycles. The SMILES string of the molecule is CCSCC(C)Nc1ccc(C(N)=S)cc1F. The van der Waals surface area contributed by atoms with E-state index in [1.54, 1.807) is 12.1 Å². The number of thiocarbonyl (C=S) groups is 1. The van der Waals surface area contributed by atoms with Gasteiger partial charge in [-0.25, -0.2) is 4.39 Å². The van der Waals surface area contributed by atoms with Crippen LogP contribution in [0.25, 0.3) is 0 Å². The minimum atomic E-state index is -0.316. The minimum absolute atomic E-state index is 0.213. The van der Waals surface area contributed by atoms with Crippen molar-refractivity contribution in [3.05, 3.63) is 29.6 Å². The molecule has 2 nitrogen and oxygen atoms in total. The molecule has 0 aliphatic rings. The van der Waals surface area contributed by atoms with Gasteiger partial charge in [-0.1, -0.05) is 19.1 Å². The number of hydrogen-bond donors (Lipinski definition) is 2. The van der Waals surface area contributed by atoms with Crippen LogP contribution in [0.15, 0.2) is 18.2 Å². The van der Waals surface area contributed by atoms with Crippen LogP contribution in [0.4, 0.5) is 10.1 Å². The van der Waals surface area contributed by atoms with Gasteiger partial charge in [0.15, 0.2) is 0 Å². The normalized spacial score (nSPS) is 12.2. The highest BCUT2D eigenvalue weighted by Gasteiger charge is 2.08. The fourth-order valence-electron chi connectivity index (χ4n) is 1.39. The molecule has 1 aromatic rings. The number of anilines is 1. The second-order valence-electron chi connectivity index (χ2n) is 3.76. The molecule has 1 aromatic carbocycles. The van der Waals surface area contributed by atoms with Gasteiger partial charge in [0.1, 0.15) is 10.8 Å². The van der Waals surface area contributed by atoms with Gasteiger partial charge in [0, 0.05) is 17.4 Å². The number of halogens is 1. The molecule has 5 heteroatoms. The highest BCUT2D eigenvalue weighted by atomic mass is 32.2. The van der Waals surface area contributed by atoms with Crippen molar-refractivity contribution < 1.29 is 4.39 Å². The zero-order valence-corrected chi connectivity index (χ0v) is 11.6. The van der Waals surface area contributed by atoms with Crippen LogP contribution in [0.5, 0.6) is 0 Å². The summed E-state index contributed by atoms with van der Waals surface area (Å²) >= 11 is 6.62. The maximum atomic E-state index is 13.7. The van der Waals surface area contributed by atoms with Crippen molar-refractivity contribution in [1.82, 2.24) is 0 Å². The van der Waals surface area contributed by atoms with E-state index >= 15 is 0 Å². The molecular weight excluding hydrogens is 255 g/mol. The Morgan fingerprint density at radius 2 is 2.29 bits per heavy atom. The molecule has 0 saturated carbocycles. The standard InChI is InChI=1S/C12H17FN2S2/c1-3-17-7-8(2)15-11-5-4-9(12(14)16)6-10(11)13/h4-6,8,15H,3,7H2,1-2H3,(H2,14,16). The molecule has 0 fully saturated rings. The summed E-state index contributed by atoms with van der Waals surface area (Å²) in [6.07, 6.45) is 0. The first-order chi connectivity index (χ1) is 8.04. The third-order valence-electron chi connectivity index (χ3n) is 2.23. The predicted molar refractivity (Wildman–Crippen MR) is 78.4 cm³/mol. The molecule has 0 heterocycles. The van der Waals surface area contributed by atoms with Crippen LogP contribution < -0.4 is 11.1 Å². The van der Waals surface area contributed by atoms with Crippen molar-refractivity contribution in [3.63, 3.8) is 0 Å². The number of hydrogen-bond acceptors (Lipinski definition) is 3. The highest BCUT2D eigenvalue weighted by Crippen LogP contribution is 2.17. The van der Waals surface area contributed by atoms with Gasteiger partial charge in [0.25, 0.3) is 0 Å². The quantitative estimate of drug-likeness (QED) is 0.781. The smallest absolute Gasteiger partial charge is 0.146 e. The molecule has 0 spiro atoms. The average molecular weight is 272 g/mol. The Morgan fingerprint density at radius 1 is 1.59 bits per heavy atom. The molecule has 1 atom stereocenters. The largest absolute Gasteiger partial charge is 0.389 e. The number of nitrogens with one attached hydrogen (secondary N) is 1. The van der Waals surface area contributed by atoms with Crippen LogP contribution >= 0.6 is 24.0 Å². The summed E-state index contributed by atoms with van der Waals surface area (Å²) in [5.74, 6) is 1.70. The zero-order valence-electron chi connectivity index (χ0n) is 10.00. The summed E-state index contributed by atoms with van der Waals surface area (Å²) in [4.78, 5) is 0.213. The molecule has 0 aliphatic carbocycles. The summed E-state index contributed by atoms with van der Waals surface area (Å²) in [6.45, 7) is 4.14. The molecule has 0 radical (unpaired) electrons. The first-order valence-corrected chi connectivity index (χ1v) is 7.04. The number of nitrogens with two attached hydrogens (primary N) is 1. The molecule has 0 aromatic heterocycles. The zero-order chi connectivity index (χ0) is 12.8. The van der Waals surface area contributed by atoms with E-state index in [2.05, 4.69) is 12.2 Å². The van der Waals surface area contributed by atoms with E-state index in [-0.39, 0.29) is 16.8 Å². The lowest BCUT2D eigenvalue weighted by molar-refractivity contribution is 0.628. The molecular formula is C12H17FN2S2. The van der Waals surface area contributed by atoms with Crippen LogP contribution in [0.3, 0.4) is 0 Å². The third kappa shape index (κ3) is 4.52. The van der Waals surface area contributed by atoms with Crippen molar-refractivity contribution >= 4 is 34.7 Å². The van der Waals surface area contributed by atoms with Gasteiger partial charge in [-0.05, 0) is 30.9 Å². The lowest BCUT2D eigenvalue weighted by atomic mass is 10.2. The van der Waals surface area contributed by atoms with E-state index in [4.69, 9.17) is 18.0 Å². The molecule has 0 bridgehead atoms. The summed E-state index contributed by atoms with van der Waals surface area (Å²) in [7, 11) is 0. The maximum absolute atomic E-state index is 13.7. The van der Waals surface area contributed by atoms with E-state index in [1.807, 2.05) is 18.7 Å². The van der Waals surface area contributed by atoms with Crippen molar-refractivity contribution in [2.75, 3.05) is 16.8 Å². The summed E-state index contributed by atoms with van der Waals surface area (Å²) in [5.41, 5.74) is 6.49. The summed E-state index contributed by atoms with van der Waals surface area (Å²) < 4.78 is 13.7. The van der Waals surface area contributed by atoms with Gasteiger partial charge in [0.2, 0.25) is 0 Å². The van der Waals surface area contributed by atoms with E-state index in [0.29, 0.717) is 11.3 Å². The Hall–Kier alpha value is -0.810. The second-order valence-corrected chi connectivity index (χ2v) is 5.52. The Morgan fingerprint density at radius 3 is 2.82 bits per heavy atom. The van der Waals surface area contributed by atoms with Crippen LogP contribution in [-0.4, -0.2) is 22.5 Å². The summed E-state index contributed by atoms with van der Waals surface area (Å²) in [5, 5.41) is 3.13. The Kier molecular flexibility index (Phi) is 5.71. The van der Waals surface area contributed by atoms with E-state index < -0.39 is 0 Å². The van der Waals surface area contributed by atoms with Crippen LogP contribution in [-0.2, 0) is 0 Å². The maximum Gasteiger partial charge on any atom is 0.146 e. The first kappa shape index (κ1) is 14.3. The lowest BCUT2D eigenvalue weighted by Crippen LogP contribution is -2.19. The van der Waals surface area contributed by atoms with Crippen molar-refractivity contribution in [3.8, 4) is 0 Å². The number of rotatable bonds is 6. The molecule has 17 heavy (non-hydrogen) atoms. The monoisotopic (exact) mass is 272 g/mol. The molecule has 1 rings (SSSR count). The van der Waals surface area contributed by atoms with Crippen molar-refractivity contribution in [1.29, 1.82) is 0 Å². The van der Waals surface area contributed by atoms with E-state index in [0.717, 1.165) is 11.5 Å². The molecule has 1 unspecified atom stereocenters. The fourth-order valence-corrected chi connectivity index (χ4v) is 2.19. The Labute approximate surface area is 111 Å². The van der Waals surface area contributed by atoms with Crippen LogP contribution in [0.2, 0.25) is 0 Å². The van der Waals surface area contributed by atoms with Gasteiger partial charge >= 0.3 is 0 Å². The first-order valence-electron chi connectivity index (χ1n) is 5.48. The topological polar surface area (TPSA) is 38.0 Å². The highest BCUT2D eigenvalue weighted by molar-refractivity contribution is 7.99. The predicted octanol–water partition coefficient (Wildman–Crippen LogP) is 3.01. The lowest BCUT2D eigenvalue weighted by Gasteiger charge is -2.15. The van der Waals surface area contributed by atoms with Gasteiger partial charge in [-0.15, -0.1) is 0 Å². The van der Waals surface area contributed by atoms with Gasteiger partial charge in [-0.3, -0.25) is 0 Å². The number of thioether (sulfide) groups is 1. The number of benzene rings is 1. The molecule has 0 aliphatic heterocycles. The molecule has 0 amide bonds.